The van der Waals surface area contributed by atoms with Gasteiger partial charge in [-0.15, -0.1) is 11.8 Å². The molecule has 0 radical (unpaired) electrons. The summed E-state index contributed by atoms with van der Waals surface area (Å²) in [4.78, 5) is 10.2. The Morgan fingerprint density at radius 2 is 2.25 bits per heavy atom. The van der Waals surface area contributed by atoms with Crippen LogP contribution < -0.4 is 5.32 Å². The highest BCUT2D eigenvalue weighted by Crippen LogP contribution is 2.48. The average Bonchev–Trinajstić information content (AvgIpc) is 2.59. The van der Waals surface area contributed by atoms with Gasteiger partial charge in [-0.3, -0.25) is 10.1 Å². The zero-order valence-corrected chi connectivity index (χ0v) is 13.1. The highest BCUT2D eigenvalue weighted by atomic mass is 32.2. The second-order valence-corrected chi connectivity index (χ2v) is 6.71. The molecule has 1 aromatic rings. The van der Waals surface area contributed by atoms with Gasteiger partial charge in [-0.2, -0.15) is 0 Å². The summed E-state index contributed by atoms with van der Waals surface area (Å²) < 4.78 is 0. The van der Waals surface area contributed by atoms with Gasteiger partial charge in [0.2, 0.25) is 0 Å². The van der Waals surface area contributed by atoms with Crippen LogP contribution in [0.5, 0.6) is 0 Å². The molecule has 0 spiro atoms. The van der Waals surface area contributed by atoms with Crippen molar-refractivity contribution in [2.45, 2.75) is 38.5 Å². The number of nitrogens with zero attached hydrogens (tertiary/aromatic N) is 1. The van der Waals surface area contributed by atoms with Crippen LogP contribution in [0.25, 0.3) is 0 Å². The van der Waals surface area contributed by atoms with Crippen molar-refractivity contribution in [3.63, 3.8) is 0 Å². The number of rotatable bonds is 4. The van der Waals surface area contributed by atoms with Crippen LogP contribution in [0.15, 0.2) is 29.4 Å². The van der Waals surface area contributed by atoms with Crippen molar-refractivity contribution in [3.05, 3.63) is 50.7 Å². The average molecular weight is 292 g/mol. The Kier molecular flexibility index (Phi) is 4.09. The third kappa shape index (κ3) is 2.82. The minimum absolute atomic E-state index is 0.165. The molecular formula is C15H20N2O2S. The number of anilines is 1. The van der Waals surface area contributed by atoms with E-state index in [4.69, 9.17) is 0 Å². The molecule has 0 fully saturated rings. The maximum atomic E-state index is 10.6. The topological polar surface area (TPSA) is 55.2 Å². The van der Waals surface area contributed by atoms with Crippen LogP contribution >= 0.6 is 11.8 Å². The second-order valence-electron chi connectivity index (χ2n) is 5.86. The van der Waals surface area contributed by atoms with Crippen molar-refractivity contribution < 1.29 is 4.92 Å². The van der Waals surface area contributed by atoms with Crippen LogP contribution in [-0.2, 0) is 5.41 Å². The van der Waals surface area contributed by atoms with Gasteiger partial charge in [0.1, 0.15) is 5.03 Å². The van der Waals surface area contributed by atoms with Crippen molar-refractivity contribution in [1.82, 2.24) is 0 Å². The van der Waals surface area contributed by atoms with E-state index in [9.17, 15) is 10.1 Å². The SMILES string of the molecule is CS/C(=C/[N+](=O)[O-])Nc1cccc2c1[C@H](C)CC2(C)C. The zero-order valence-electron chi connectivity index (χ0n) is 12.3. The Labute approximate surface area is 123 Å². The lowest BCUT2D eigenvalue weighted by Crippen LogP contribution is -2.12. The van der Waals surface area contributed by atoms with Crippen LogP contribution in [0.3, 0.4) is 0 Å². The summed E-state index contributed by atoms with van der Waals surface area (Å²) in [6.45, 7) is 6.72. The highest BCUT2D eigenvalue weighted by Gasteiger charge is 2.36. The van der Waals surface area contributed by atoms with E-state index >= 15 is 0 Å². The molecule has 0 aliphatic heterocycles. The number of fused-ring (bicyclic) bond motifs is 1. The first-order valence-electron chi connectivity index (χ1n) is 6.65. The van der Waals surface area contributed by atoms with E-state index in [-0.39, 0.29) is 5.41 Å². The van der Waals surface area contributed by atoms with Gasteiger partial charge in [0, 0.05) is 5.69 Å². The molecule has 0 unspecified atom stereocenters. The van der Waals surface area contributed by atoms with Gasteiger partial charge in [-0.25, -0.2) is 0 Å². The summed E-state index contributed by atoms with van der Waals surface area (Å²) in [5.41, 5.74) is 3.79. The van der Waals surface area contributed by atoms with E-state index in [0.29, 0.717) is 10.9 Å². The fraction of sp³-hybridized carbons (Fsp3) is 0.467. The third-order valence-corrected chi connectivity index (χ3v) is 4.49. The predicted molar refractivity (Wildman–Crippen MR) is 84.7 cm³/mol. The number of nitro groups is 1. The van der Waals surface area contributed by atoms with Crippen molar-refractivity contribution >= 4 is 17.4 Å². The Balaban J connectivity index is 2.41. The normalized spacial score (nSPS) is 20.6. The van der Waals surface area contributed by atoms with Crippen molar-refractivity contribution in [2.75, 3.05) is 11.6 Å². The first-order valence-corrected chi connectivity index (χ1v) is 7.87. The minimum atomic E-state index is -0.421. The molecule has 0 amide bonds. The van der Waals surface area contributed by atoms with Crippen LogP contribution in [0.4, 0.5) is 5.69 Å². The molecule has 0 saturated carbocycles. The molecule has 2 rings (SSSR count). The van der Waals surface area contributed by atoms with E-state index in [0.717, 1.165) is 18.3 Å². The molecule has 20 heavy (non-hydrogen) atoms. The van der Waals surface area contributed by atoms with E-state index in [1.807, 2.05) is 18.4 Å². The van der Waals surface area contributed by atoms with Gasteiger partial charge in [-0.05, 0) is 41.2 Å². The first kappa shape index (κ1) is 14.9. The molecule has 1 N–H and O–H groups in total. The zero-order chi connectivity index (χ0) is 14.9. The molecule has 1 aliphatic rings. The molecule has 1 atom stereocenters. The monoisotopic (exact) mass is 292 g/mol. The lowest BCUT2D eigenvalue weighted by molar-refractivity contribution is -0.402. The van der Waals surface area contributed by atoms with E-state index in [2.05, 4.69) is 32.2 Å². The van der Waals surface area contributed by atoms with Gasteiger partial charge >= 0.3 is 0 Å². The number of thioether (sulfide) groups is 1. The summed E-state index contributed by atoms with van der Waals surface area (Å²) in [7, 11) is 0. The van der Waals surface area contributed by atoms with Gasteiger partial charge in [0.15, 0.2) is 0 Å². The van der Waals surface area contributed by atoms with Gasteiger partial charge in [0.25, 0.3) is 6.20 Å². The summed E-state index contributed by atoms with van der Waals surface area (Å²) in [5.74, 6) is 0.461. The van der Waals surface area contributed by atoms with Crippen molar-refractivity contribution in [1.29, 1.82) is 0 Å². The molecule has 0 saturated heterocycles. The lowest BCUT2D eigenvalue weighted by Gasteiger charge is -2.19. The Morgan fingerprint density at radius 3 is 2.85 bits per heavy atom. The lowest BCUT2D eigenvalue weighted by atomic mass is 9.86. The Hall–Kier alpha value is -1.49. The fourth-order valence-corrected chi connectivity index (χ4v) is 3.54. The molecule has 4 nitrogen and oxygen atoms in total. The van der Waals surface area contributed by atoms with Gasteiger partial charge in [-0.1, -0.05) is 32.9 Å². The molecule has 0 aromatic heterocycles. The third-order valence-electron chi connectivity index (χ3n) is 3.84. The van der Waals surface area contributed by atoms with Crippen LogP contribution in [0.2, 0.25) is 0 Å². The highest BCUT2D eigenvalue weighted by molar-refractivity contribution is 8.02. The quantitative estimate of drug-likeness (QED) is 0.663. The smallest absolute Gasteiger partial charge is 0.264 e. The van der Waals surface area contributed by atoms with Crippen LogP contribution in [0.1, 0.15) is 44.2 Å². The second kappa shape index (κ2) is 5.48. The number of benzene rings is 1. The van der Waals surface area contributed by atoms with Crippen LogP contribution in [0, 0.1) is 10.1 Å². The Morgan fingerprint density at radius 1 is 1.55 bits per heavy atom. The van der Waals surface area contributed by atoms with E-state index in [1.54, 1.807) is 0 Å². The molecule has 1 aliphatic carbocycles. The van der Waals surface area contributed by atoms with Gasteiger partial charge in [0.05, 0.1) is 4.92 Å². The van der Waals surface area contributed by atoms with Crippen molar-refractivity contribution in [3.8, 4) is 0 Å². The minimum Gasteiger partial charge on any atom is -0.345 e. The number of hydrogen-bond donors (Lipinski definition) is 1. The first-order chi connectivity index (χ1) is 9.35. The van der Waals surface area contributed by atoms with E-state index in [1.165, 1.54) is 22.9 Å². The summed E-state index contributed by atoms with van der Waals surface area (Å²) in [6, 6.07) is 6.19. The number of hydrogen-bond acceptors (Lipinski definition) is 4. The Bertz CT molecular complexity index is 567. The molecular weight excluding hydrogens is 272 g/mol. The molecule has 108 valence electrons. The summed E-state index contributed by atoms with van der Waals surface area (Å²) >= 11 is 1.35. The fourth-order valence-electron chi connectivity index (χ4n) is 3.14. The maximum Gasteiger partial charge on any atom is 0.264 e. The predicted octanol–water partition coefficient (Wildman–Crippen LogP) is 4.32. The van der Waals surface area contributed by atoms with Crippen LogP contribution in [-0.4, -0.2) is 11.2 Å². The summed E-state index contributed by atoms with van der Waals surface area (Å²) in [6.07, 6.45) is 3.96. The van der Waals surface area contributed by atoms with Gasteiger partial charge < -0.3 is 5.32 Å². The maximum absolute atomic E-state index is 10.6. The largest absolute Gasteiger partial charge is 0.345 e. The molecule has 1 aromatic carbocycles. The molecule has 5 heteroatoms. The molecule has 0 bridgehead atoms. The van der Waals surface area contributed by atoms with E-state index < -0.39 is 4.92 Å². The summed E-state index contributed by atoms with van der Waals surface area (Å²) in [5, 5.41) is 14.4. The number of nitrogens with one attached hydrogen (secondary N) is 1. The standard InChI is InChI=1S/C15H20N2O2S/c1-10-8-15(2,3)11-6-5-7-12(14(10)11)16-13(20-4)9-17(18)19/h5-7,9-10,16H,8H2,1-4H3/b13-9+/t10-/m1/s1. The molecule has 0 heterocycles. The van der Waals surface area contributed by atoms with Crippen molar-refractivity contribution in [2.24, 2.45) is 0 Å².